The van der Waals surface area contributed by atoms with Gasteiger partial charge in [-0.25, -0.2) is 0 Å². The van der Waals surface area contributed by atoms with Crippen molar-refractivity contribution in [1.29, 1.82) is 0 Å². The first-order chi connectivity index (χ1) is 14.7. The summed E-state index contributed by atoms with van der Waals surface area (Å²) in [5.41, 5.74) is 3.32. The van der Waals surface area contributed by atoms with E-state index in [0.717, 1.165) is 66.3 Å². The number of carbonyl (C=O) groups is 1. The van der Waals surface area contributed by atoms with Gasteiger partial charge in [0, 0.05) is 29.4 Å². The molecule has 30 heavy (non-hydrogen) atoms. The maximum absolute atomic E-state index is 13.3. The number of aromatic amines is 1. The number of hydrogen-bond donors (Lipinski definition) is 2. The largest absolute Gasteiger partial charge is 0.454 e. The van der Waals surface area contributed by atoms with Gasteiger partial charge in [0.1, 0.15) is 0 Å². The summed E-state index contributed by atoms with van der Waals surface area (Å²) in [6.45, 7) is 7.32. The van der Waals surface area contributed by atoms with Crippen LogP contribution in [-0.4, -0.2) is 55.3 Å². The highest BCUT2D eigenvalue weighted by Crippen LogP contribution is 2.39. The normalized spacial score (nSPS) is 17.4. The Labute approximate surface area is 176 Å². The van der Waals surface area contributed by atoms with Gasteiger partial charge in [-0.15, -0.1) is 0 Å². The Kier molecular flexibility index (Phi) is 5.09. The second-order valence-electron chi connectivity index (χ2n) is 8.14. The average molecular weight is 407 g/mol. The molecule has 5 rings (SSSR count). The molecule has 156 valence electrons. The quantitative estimate of drug-likeness (QED) is 0.683. The summed E-state index contributed by atoms with van der Waals surface area (Å²) in [4.78, 5) is 20.3. The third-order valence-corrected chi connectivity index (χ3v) is 6.50. The van der Waals surface area contributed by atoms with Gasteiger partial charge in [0.15, 0.2) is 11.5 Å². The molecule has 3 heterocycles. The summed E-state index contributed by atoms with van der Waals surface area (Å²) in [7, 11) is 0. The number of fused-ring (bicyclic) bond motifs is 2. The molecule has 1 saturated heterocycles. The van der Waals surface area contributed by atoms with Gasteiger partial charge < -0.3 is 24.3 Å². The number of quaternary nitrogens is 1. The fourth-order valence-corrected chi connectivity index (χ4v) is 4.65. The molecule has 0 aliphatic carbocycles. The molecule has 0 spiro atoms. The fourth-order valence-electron chi connectivity index (χ4n) is 4.65. The highest BCUT2D eigenvalue weighted by Gasteiger charge is 2.28. The van der Waals surface area contributed by atoms with E-state index in [-0.39, 0.29) is 18.6 Å². The number of amides is 1. The molecule has 1 aromatic heterocycles. The molecule has 6 nitrogen and oxygen atoms in total. The maximum Gasteiger partial charge on any atom is 0.231 e. The van der Waals surface area contributed by atoms with Gasteiger partial charge in [0.2, 0.25) is 12.7 Å². The second-order valence-corrected chi connectivity index (χ2v) is 8.14. The van der Waals surface area contributed by atoms with E-state index in [9.17, 15) is 4.79 Å². The SMILES string of the molecule is CC[NH+]1CCN(C(=O)C[C@@H](c2ccc3c(c2)OCO3)c2c[nH]c3ccccc23)CC1. The second kappa shape index (κ2) is 8.03. The van der Waals surface area contributed by atoms with Gasteiger partial charge in [0.25, 0.3) is 0 Å². The molecule has 2 aliphatic heterocycles. The standard InChI is InChI=1S/C24H27N3O3/c1-2-26-9-11-27(12-10-26)24(28)14-19(17-7-8-22-23(13-17)30-16-29-22)20-15-25-21-6-4-3-5-18(20)21/h3-8,13,15,19,25H,2,9-12,14,16H2,1H3/p+1/t19-/m0/s1. The van der Waals surface area contributed by atoms with Gasteiger partial charge in [-0.05, 0) is 36.2 Å². The van der Waals surface area contributed by atoms with E-state index in [0.29, 0.717) is 6.42 Å². The minimum absolute atomic E-state index is 0.0419. The topological polar surface area (TPSA) is 59.0 Å². The van der Waals surface area contributed by atoms with E-state index in [1.54, 1.807) is 4.90 Å². The van der Waals surface area contributed by atoms with Crippen molar-refractivity contribution in [3.05, 3.63) is 59.8 Å². The summed E-state index contributed by atoms with van der Waals surface area (Å²) in [6, 6.07) is 14.3. The Bertz CT molecular complexity index is 1050. The van der Waals surface area contributed by atoms with Crippen LogP contribution >= 0.6 is 0 Å². The van der Waals surface area contributed by atoms with Gasteiger partial charge in [0.05, 0.1) is 32.7 Å². The average Bonchev–Trinajstić information content (AvgIpc) is 3.44. The maximum atomic E-state index is 13.3. The van der Waals surface area contributed by atoms with Crippen LogP contribution in [0.2, 0.25) is 0 Å². The van der Waals surface area contributed by atoms with E-state index < -0.39 is 0 Å². The fraction of sp³-hybridized carbons (Fsp3) is 0.375. The third kappa shape index (κ3) is 3.52. The molecule has 1 atom stereocenters. The number of rotatable bonds is 5. The Hall–Kier alpha value is -2.99. The number of hydrogen-bond acceptors (Lipinski definition) is 3. The van der Waals surface area contributed by atoms with Crippen LogP contribution in [0.5, 0.6) is 11.5 Å². The van der Waals surface area contributed by atoms with Crippen molar-refractivity contribution in [2.45, 2.75) is 19.3 Å². The zero-order chi connectivity index (χ0) is 20.5. The number of carbonyl (C=O) groups excluding carboxylic acids is 1. The van der Waals surface area contributed by atoms with Crippen molar-refractivity contribution in [3.63, 3.8) is 0 Å². The molecule has 0 radical (unpaired) electrons. The van der Waals surface area contributed by atoms with E-state index in [2.05, 4.69) is 30.1 Å². The predicted molar refractivity (Wildman–Crippen MR) is 115 cm³/mol. The van der Waals surface area contributed by atoms with E-state index in [1.807, 2.05) is 35.4 Å². The van der Waals surface area contributed by atoms with E-state index in [1.165, 1.54) is 0 Å². The lowest BCUT2D eigenvalue weighted by molar-refractivity contribution is -0.902. The molecule has 2 aliphatic rings. The van der Waals surface area contributed by atoms with Crippen molar-refractivity contribution in [2.75, 3.05) is 39.5 Å². The summed E-state index contributed by atoms with van der Waals surface area (Å²) >= 11 is 0. The highest BCUT2D eigenvalue weighted by molar-refractivity contribution is 5.86. The number of piperazine rings is 1. The molecule has 6 heteroatoms. The molecule has 1 fully saturated rings. The Morgan fingerprint density at radius 3 is 2.77 bits per heavy atom. The monoisotopic (exact) mass is 406 g/mol. The van der Waals surface area contributed by atoms with Gasteiger partial charge in [-0.1, -0.05) is 24.3 Å². The lowest BCUT2D eigenvalue weighted by Crippen LogP contribution is -3.14. The molecule has 1 amide bonds. The number of nitrogens with one attached hydrogen (secondary N) is 2. The van der Waals surface area contributed by atoms with Crippen molar-refractivity contribution < 1.29 is 19.2 Å². The number of benzene rings is 2. The summed E-state index contributed by atoms with van der Waals surface area (Å²) in [5.74, 6) is 1.70. The number of para-hydroxylation sites is 1. The first kappa shape index (κ1) is 19.0. The van der Waals surface area contributed by atoms with Gasteiger partial charge >= 0.3 is 0 Å². The third-order valence-electron chi connectivity index (χ3n) is 6.50. The molecule has 2 aromatic carbocycles. The van der Waals surface area contributed by atoms with Crippen LogP contribution in [0.15, 0.2) is 48.7 Å². The highest BCUT2D eigenvalue weighted by atomic mass is 16.7. The molecular weight excluding hydrogens is 378 g/mol. The lowest BCUT2D eigenvalue weighted by atomic mass is 9.87. The van der Waals surface area contributed by atoms with Crippen molar-refractivity contribution >= 4 is 16.8 Å². The summed E-state index contributed by atoms with van der Waals surface area (Å²) in [6.07, 6.45) is 2.50. The molecule has 3 aromatic rings. The van der Waals surface area contributed by atoms with Gasteiger partial charge in [-0.3, -0.25) is 4.79 Å². The molecule has 0 unspecified atom stereocenters. The first-order valence-corrected chi connectivity index (χ1v) is 10.8. The van der Waals surface area contributed by atoms with Gasteiger partial charge in [-0.2, -0.15) is 0 Å². The zero-order valence-electron chi connectivity index (χ0n) is 17.3. The predicted octanol–water partition coefficient (Wildman–Crippen LogP) is 2.17. The van der Waals surface area contributed by atoms with Crippen molar-refractivity contribution in [1.82, 2.24) is 9.88 Å². The molecule has 0 bridgehead atoms. The minimum atomic E-state index is -0.0419. The van der Waals surface area contributed by atoms with E-state index in [4.69, 9.17) is 9.47 Å². The number of likely N-dealkylation sites (N-methyl/N-ethyl adjacent to an activating group) is 1. The Balaban J connectivity index is 1.46. The number of H-pyrrole nitrogens is 1. The summed E-state index contributed by atoms with van der Waals surface area (Å²) in [5, 5.41) is 1.16. The minimum Gasteiger partial charge on any atom is -0.454 e. The molecule has 0 saturated carbocycles. The number of nitrogens with zero attached hydrogens (tertiary/aromatic N) is 1. The zero-order valence-corrected chi connectivity index (χ0v) is 17.3. The van der Waals surface area contributed by atoms with Crippen molar-refractivity contribution in [2.24, 2.45) is 0 Å². The van der Waals surface area contributed by atoms with Crippen LogP contribution in [-0.2, 0) is 4.79 Å². The first-order valence-electron chi connectivity index (χ1n) is 10.8. The van der Waals surface area contributed by atoms with Crippen LogP contribution < -0.4 is 14.4 Å². The van der Waals surface area contributed by atoms with Crippen molar-refractivity contribution in [3.8, 4) is 11.5 Å². The van der Waals surface area contributed by atoms with E-state index >= 15 is 0 Å². The molecule has 2 N–H and O–H groups in total. The van der Waals surface area contributed by atoms with Crippen LogP contribution in [0, 0.1) is 0 Å². The summed E-state index contributed by atoms with van der Waals surface area (Å²) < 4.78 is 11.1. The van der Waals surface area contributed by atoms with Crippen LogP contribution in [0.3, 0.4) is 0 Å². The van der Waals surface area contributed by atoms with Crippen LogP contribution in [0.1, 0.15) is 30.4 Å². The smallest absolute Gasteiger partial charge is 0.231 e. The lowest BCUT2D eigenvalue weighted by Gasteiger charge is -2.32. The van der Waals surface area contributed by atoms with Crippen LogP contribution in [0.4, 0.5) is 0 Å². The van der Waals surface area contributed by atoms with Crippen LogP contribution in [0.25, 0.3) is 10.9 Å². The Morgan fingerprint density at radius 2 is 1.93 bits per heavy atom. The number of aromatic nitrogens is 1. The molecular formula is C24H28N3O3+. The number of ether oxygens (including phenoxy) is 2. The Morgan fingerprint density at radius 1 is 1.13 bits per heavy atom.